The van der Waals surface area contributed by atoms with Gasteiger partial charge in [-0.2, -0.15) is 0 Å². The summed E-state index contributed by atoms with van der Waals surface area (Å²) in [6.07, 6.45) is 8.75. The van der Waals surface area contributed by atoms with Crippen molar-refractivity contribution in [2.75, 3.05) is 32.8 Å². The molecule has 0 aromatic rings. The average molecular weight is 296 g/mol. The monoisotopic (exact) mass is 296 g/mol. The maximum Gasteiger partial charge on any atom is 0.0804 e. The van der Waals surface area contributed by atoms with E-state index in [1.807, 2.05) is 0 Å². The van der Waals surface area contributed by atoms with Crippen molar-refractivity contribution in [3.05, 3.63) is 0 Å². The van der Waals surface area contributed by atoms with Gasteiger partial charge in [0.2, 0.25) is 0 Å². The van der Waals surface area contributed by atoms with Crippen LogP contribution in [0.2, 0.25) is 0 Å². The largest absolute Gasteiger partial charge is 0.374 e. The molecule has 3 nitrogen and oxygen atoms in total. The topological polar surface area (TPSA) is 38.5 Å². The molecule has 1 aliphatic heterocycles. The zero-order valence-electron chi connectivity index (χ0n) is 14.5. The second kappa shape index (κ2) is 7.43. The number of ether oxygens (including phenoxy) is 1. The number of hydrogen-bond acceptors (Lipinski definition) is 3. The average Bonchev–Trinajstić information content (AvgIpc) is 2.96. The molecule has 0 amide bonds. The maximum atomic E-state index is 6.29. The van der Waals surface area contributed by atoms with Crippen molar-refractivity contribution in [3.8, 4) is 0 Å². The predicted octanol–water partition coefficient (Wildman–Crippen LogP) is 3.42. The molecule has 0 aromatic heterocycles. The maximum absolute atomic E-state index is 6.29. The van der Waals surface area contributed by atoms with Gasteiger partial charge in [-0.05, 0) is 69.4 Å². The summed E-state index contributed by atoms with van der Waals surface area (Å²) in [6, 6.07) is 0. The molecule has 1 aliphatic carbocycles. The van der Waals surface area contributed by atoms with E-state index < -0.39 is 0 Å². The molecule has 3 heteroatoms. The first-order valence-electron chi connectivity index (χ1n) is 9.02. The lowest BCUT2D eigenvalue weighted by atomic mass is 9.68. The Morgan fingerprint density at radius 3 is 2.29 bits per heavy atom. The van der Waals surface area contributed by atoms with Gasteiger partial charge in [0.15, 0.2) is 0 Å². The molecule has 2 rings (SSSR count). The Hall–Kier alpha value is -0.120. The van der Waals surface area contributed by atoms with Crippen molar-refractivity contribution < 1.29 is 4.74 Å². The van der Waals surface area contributed by atoms with Gasteiger partial charge in [-0.15, -0.1) is 0 Å². The number of hydrogen-bond donors (Lipinski definition) is 1. The first-order valence-corrected chi connectivity index (χ1v) is 9.02. The molecular weight excluding hydrogens is 260 g/mol. The van der Waals surface area contributed by atoms with E-state index in [-0.39, 0.29) is 5.60 Å². The minimum Gasteiger partial charge on any atom is -0.374 e. The van der Waals surface area contributed by atoms with Crippen molar-refractivity contribution in [2.45, 2.75) is 71.3 Å². The number of likely N-dealkylation sites (tertiary alicyclic amines) is 1. The van der Waals surface area contributed by atoms with Crippen LogP contribution in [0.4, 0.5) is 0 Å². The minimum absolute atomic E-state index is 0.0211. The van der Waals surface area contributed by atoms with Crippen molar-refractivity contribution in [2.24, 2.45) is 17.1 Å². The molecule has 124 valence electrons. The van der Waals surface area contributed by atoms with Crippen molar-refractivity contribution in [3.63, 3.8) is 0 Å². The Balaban J connectivity index is 1.70. The second-order valence-corrected chi connectivity index (χ2v) is 8.28. The van der Waals surface area contributed by atoms with Gasteiger partial charge in [0, 0.05) is 19.7 Å². The zero-order chi connectivity index (χ0) is 15.3. The Morgan fingerprint density at radius 2 is 1.76 bits per heavy atom. The standard InChI is InChI=1S/C18H36N2O/c1-17(2,3)16-7-9-18(15-19,10-8-16)21-14-6-13-20-11-4-5-12-20/h16H,4-15,19H2,1-3H3. The summed E-state index contributed by atoms with van der Waals surface area (Å²) in [5, 5.41) is 0. The molecule has 1 saturated carbocycles. The molecular formula is C18H36N2O. The highest BCUT2D eigenvalue weighted by molar-refractivity contribution is 4.91. The van der Waals surface area contributed by atoms with E-state index in [0.717, 1.165) is 31.8 Å². The fraction of sp³-hybridized carbons (Fsp3) is 1.00. The van der Waals surface area contributed by atoms with E-state index in [2.05, 4.69) is 25.7 Å². The summed E-state index contributed by atoms with van der Waals surface area (Å²) in [4.78, 5) is 2.56. The van der Waals surface area contributed by atoms with Gasteiger partial charge < -0.3 is 15.4 Å². The van der Waals surface area contributed by atoms with Gasteiger partial charge in [0.1, 0.15) is 0 Å². The molecule has 21 heavy (non-hydrogen) atoms. The van der Waals surface area contributed by atoms with E-state index in [1.165, 1.54) is 45.3 Å². The summed E-state index contributed by atoms with van der Waals surface area (Å²) in [5.74, 6) is 0.824. The third-order valence-corrected chi connectivity index (χ3v) is 5.72. The molecule has 0 aromatic carbocycles. The van der Waals surface area contributed by atoms with E-state index in [0.29, 0.717) is 12.0 Å². The summed E-state index contributed by atoms with van der Waals surface area (Å²) in [6.45, 7) is 12.4. The van der Waals surface area contributed by atoms with Gasteiger partial charge in [0.05, 0.1) is 5.60 Å². The van der Waals surface area contributed by atoms with Crippen molar-refractivity contribution >= 4 is 0 Å². The van der Waals surface area contributed by atoms with Crippen LogP contribution in [-0.4, -0.2) is 43.3 Å². The lowest BCUT2D eigenvalue weighted by Gasteiger charge is -2.43. The molecule has 2 N–H and O–H groups in total. The number of rotatable bonds is 6. The quantitative estimate of drug-likeness (QED) is 0.763. The van der Waals surface area contributed by atoms with Crippen molar-refractivity contribution in [1.82, 2.24) is 4.90 Å². The lowest BCUT2D eigenvalue weighted by Crippen LogP contribution is -2.46. The SMILES string of the molecule is CC(C)(C)C1CCC(CN)(OCCCN2CCCC2)CC1. The first kappa shape index (κ1) is 17.2. The molecule has 0 unspecified atom stereocenters. The Bertz CT molecular complexity index is 297. The molecule has 0 atom stereocenters. The third-order valence-electron chi connectivity index (χ3n) is 5.72. The summed E-state index contributed by atoms with van der Waals surface area (Å²) in [5.41, 5.74) is 6.47. The van der Waals surface area contributed by atoms with E-state index in [9.17, 15) is 0 Å². The lowest BCUT2D eigenvalue weighted by molar-refractivity contribution is -0.0813. The Kier molecular flexibility index (Phi) is 6.10. The van der Waals surface area contributed by atoms with Gasteiger partial charge in [-0.1, -0.05) is 20.8 Å². The fourth-order valence-electron chi connectivity index (χ4n) is 4.00. The third kappa shape index (κ3) is 4.94. The smallest absolute Gasteiger partial charge is 0.0804 e. The van der Waals surface area contributed by atoms with Crippen LogP contribution in [0.15, 0.2) is 0 Å². The van der Waals surface area contributed by atoms with Crippen LogP contribution in [0.25, 0.3) is 0 Å². The second-order valence-electron chi connectivity index (χ2n) is 8.28. The summed E-state index contributed by atoms with van der Waals surface area (Å²) in [7, 11) is 0. The van der Waals surface area contributed by atoms with Crippen LogP contribution in [0, 0.1) is 11.3 Å². The van der Waals surface area contributed by atoms with Crippen LogP contribution in [-0.2, 0) is 4.74 Å². The Labute approximate surface area is 131 Å². The van der Waals surface area contributed by atoms with Gasteiger partial charge in [-0.25, -0.2) is 0 Å². The molecule has 2 aliphatic rings. The molecule has 1 saturated heterocycles. The Morgan fingerprint density at radius 1 is 1.14 bits per heavy atom. The molecule has 0 bridgehead atoms. The zero-order valence-corrected chi connectivity index (χ0v) is 14.5. The van der Waals surface area contributed by atoms with Crippen LogP contribution < -0.4 is 5.73 Å². The first-order chi connectivity index (χ1) is 9.95. The highest BCUT2D eigenvalue weighted by Crippen LogP contribution is 2.42. The fourth-order valence-corrected chi connectivity index (χ4v) is 4.00. The molecule has 1 heterocycles. The molecule has 2 fully saturated rings. The highest BCUT2D eigenvalue weighted by atomic mass is 16.5. The summed E-state index contributed by atoms with van der Waals surface area (Å²) < 4.78 is 6.29. The van der Waals surface area contributed by atoms with Crippen LogP contribution in [0.1, 0.15) is 65.7 Å². The van der Waals surface area contributed by atoms with E-state index in [4.69, 9.17) is 10.5 Å². The van der Waals surface area contributed by atoms with E-state index in [1.54, 1.807) is 0 Å². The van der Waals surface area contributed by atoms with Gasteiger partial charge in [-0.3, -0.25) is 0 Å². The predicted molar refractivity (Wildman–Crippen MR) is 89.4 cm³/mol. The van der Waals surface area contributed by atoms with Gasteiger partial charge >= 0.3 is 0 Å². The summed E-state index contributed by atoms with van der Waals surface area (Å²) >= 11 is 0. The highest BCUT2D eigenvalue weighted by Gasteiger charge is 2.38. The minimum atomic E-state index is -0.0211. The molecule has 0 radical (unpaired) electrons. The normalized spacial score (nSPS) is 31.7. The van der Waals surface area contributed by atoms with E-state index >= 15 is 0 Å². The van der Waals surface area contributed by atoms with Crippen LogP contribution >= 0.6 is 0 Å². The molecule has 0 spiro atoms. The van der Waals surface area contributed by atoms with Crippen molar-refractivity contribution in [1.29, 1.82) is 0 Å². The number of nitrogens with two attached hydrogens (primary N) is 1. The number of nitrogens with zero attached hydrogens (tertiary/aromatic N) is 1. The van der Waals surface area contributed by atoms with Crippen LogP contribution in [0.3, 0.4) is 0 Å². The van der Waals surface area contributed by atoms with Crippen LogP contribution in [0.5, 0.6) is 0 Å². The van der Waals surface area contributed by atoms with Gasteiger partial charge in [0.25, 0.3) is 0 Å².